The Bertz CT molecular complexity index is 1100. The molecule has 32 heavy (non-hydrogen) atoms. The molecule has 0 aliphatic carbocycles. The monoisotopic (exact) mass is 455 g/mol. The Morgan fingerprint density at radius 1 is 1.12 bits per heavy atom. The largest absolute Gasteiger partial charge is 0.497 e. The number of nitrogens with zero attached hydrogens (tertiary/aromatic N) is 3. The molecule has 1 aliphatic rings. The van der Waals surface area contributed by atoms with Crippen LogP contribution in [0, 0.1) is 5.82 Å². The number of aromatic nitrogens is 2. The summed E-state index contributed by atoms with van der Waals surface area (Å²) < 4.78 is 18.2. The van der Waals surface area contributed by atoms with Gasteiger partial charge in [-0.2, -0.15) is 0 Å². The molecule has 1 atom stereocenters. The number of halogens is 1. The zero-order valence-electron chi connectivity index (χ0n) is 17.4. The second-order valence-electron chi connectivity index (χ2n) is 7.35. The molecule has 0 spiro atoms. The van der Waals surface area contributed by atoms with Gasteiger partial charge in [0.15, 0.2) is 0 Å². The van der Waals surface area contributed by atoms with Crippen LogP contribution in [0.25, 0.3) is 0 Å². The van der Waals surface area contributed by atoms with Gasteiger partial charge in [0.1, 0.15) is 16.6 Å². The maximum Gasteiger partial charge on any atom is 0.321 e. The number of piperidine rings is 1. The molecule has 166 valence electrons. The molecule has 0 saturated carbocycles. The number of carbonyl (C=O) groups excluding carboxylic acids is 2. The first-order chi connectivity index (χ1) is 15.5. The molecule has 10 heteroatoms. The number of methoxy groups -OCH3 is 1. The van der Waals surface area contributed by atoms with Gasteiger partial charge < -0.3 is 20.3 Å². The zero-order chi connectivity index (χ0) is 22.5. The van der Waals surface area contributed by atoms with Crippen molar-refractivity contribution in [3.63, 3.8) is 0 Å². The predicted octanol–water partition coefficient (Wildman–Crippen LogP) is 4.35. The predicted molar refractivity (Wildman–Crippen MR) is 120 cm³/mol. The van der Waals surface area contributed by atoms with Gasteiger partial charge in [-0.15, -0.1) is 10.2 Å². The summed E-state index contributed by atoms with van der Waals surface area (Å²) in [6.07, 6.45) is 1.68. The van der Waals surface area contributed by atoms with E-state index < -0.39 is 5.91 Å². The van der Waals surface area contributed by atoms with Crippen LogP contribution in [0.1, 0.15) is 33.6 Å². The van der Waals surface area contributed by atoms with E-state index in [1.54, 1.807) is 24.1 Å². The summed E-state index contributed by atoms with van der Waals surface area (Å²) >= 11 is 1.21. The van der Waals surface area contributed by atoms with Crippen LogP contribution >= 0.6 is 11.3 Å². The number of nitrogens with one attached hydrogen (secondary N) is 2. The highest BCUT2D eigenvalue weighted by Gasteiger charge is 2.28. The summed E-state index contributed by atoms with van der Waals surface area (Å²) in [6, 6.07) is 12.5. The Kier molecular flexibility index (Phi) is 6.60. The molecule has 1 fully saturated rings. The molecular weight excluding hydrogens is 433 g/mol. The molecule has 1 unspecified atom stereocenters. The topological polar surface area (TPSA) is 96.4 Å². The van der Waals surface area contributed by atoms with Crippen molar-refractivity contribution in [2.24, 2.45) is 0 Å². The van der Waals surface area contributed by atoms with Crippen molar-refractivity contribution in [2.45, 2.75) is 18.8 Å². The number of hydrogen-bond donors (Lipinski definition) is 2. The molecule has 0 bridgehead atoms. The molecule has 1 aromatic heterocycles. The normalized spacial score (nSPS) is 15.8. The third kappa shape index (κ3) is 5.20. The van der Waals surface area contributed by atoms with E-state index in [-0.39, 0.29) is 22.8 Å². The van der Waals surface area contributed by atoms with Crippen LogP contribution in [0.15, 0.2) is 48.5 Å². The Hall–Kier alpha value is -3.53. The Labute approximate surface area is 188 Å². The van der Waals surface area contributed by atoms with Crippen molar-refractivity contribution in [3.8, 4) is 5.75 Å². The van der Waals surface area contributed by atoms with Crippen molar-refractivity contribution in [3.05, 3.63) is 64.4 Å². The van der Waals surface area contributed by atoms with E-state index in [2.05, 4.69) is 20.8 Å². The highest BCUT2D eigenvalue weighted by molar-refractivity contribution is 7.13. The average molecular weight is 456 g/mol. The van der Waals surface area contributed by atoms with E-state index in [0.29, 0.717) is 35.2 Å². The third-order valence-electron chi connectivity index (χ3n) is 5.12. The number of ether oxygens (including phenoxy) is 1. The zero-order valence-corrected chi connectivity index (χ0v) is 18.2. The minimum atomic E-state index is -0.399. The molecule has 1 aliphatic heterocycles. The van der Waals surface area contributed by atoms with Crippen LogP contribution in [0.2, 0.25) is 0 Å². The van der Waals surface area contributed by atoms with E-state index in [1.807, 2.05) is 12.1 Å². The number of hydrogen-bond acceptors (Lipinski definition) is 6. The van der Waals surface area contributed by atoms with Crippen molar-refractivity contribution in [1.29, 1.82) is 0 Å². The summed E-state index contributed by atoms with van der Waals surface area (Å²) in [6.45, 7) is 1.13. The second kappa shape index (κ2) is 9.73. The fourth-order valence-corrected chi connectivity index (χ4v) is 4.34. The SMILES string of the molecule is COc1cccc(NC(=O)N2CCCC(c3nnc(C(=O)Nc4ccc(F)cc4)s3)C2)c1. The number of anilines is 2. The van der Waals surface area contributed by atoms with Crippen LogP contribution in [0.3, 0.4) is 0 Å². The van der Waals surface area contributed by atoms with Gasteiger partial charge in [0.25, 0.3) is 5.91 Å². The van der Waals surface area contributed by atoms with E-state index in [4.69, 9.17) is 4.74 Å². The maximum absolute atomic E-state index is 13.0. The van der Waals surface area contributed by atoms with Gasteiger partial charge in [0, 0.05) is 36.4 Å². The lowest BCUT2D eigenvalue weighted by atomic mass is 9.99. The number of benzene rings is 2. The van der Waals surface area contributed by atoms with Crippen LogP contribution < -0.4 is 15.4 Å². The van der Waals surface area contributed by atoms with Crippen LogP contribution in [-0.4, -0.2) is 47.2 Å². The summed E-state index contributed by atoms with van der Waals surface area (Å²) in [5.41, 5.74) is 1.14. The molecule has 4 rings (SSSR count). The minimum Gasteiger partial charge on any atom is -0.497 e. The molecule has 0 radical (unpaired) electrons. The molecule has 3 aromatic rings. The number of carbonyl (C=O) groups is 2. The van der Waals surface area contributed by atoms with Gasteiger partial charge in [-0.3, -0.25) is 4.79 Å². The summed E-state index contributed by atoms with van der Waals surface area (Å²) in [7, 11) is 1.58. The first-order valence-corrected chi connectivity index (χ1v) is 10.9. The molecule has 8 nitrogen and oxygen atoms in total. The van der Waals surface area contributed by atoms with Crippen molar-refractivity contribution in [2.75, 3.05) is 30.8 Å². The van der Waals surface area contributed by atoms with Gasteiger partial charge in [0.2, 0.25) is 5.01 Å². The molecular formula is C22H22FN5O3S. The average Bonchev–Trinajstić information content (AvgIpc) is 3.31. The molecule has 3 amide bonds. The lowest BCUT2D eigenvalue weighted by Crippen LogP contribution is -2.41. The number of urea groups is 1. The fourth-order valence-electron chi connectivity index (χ4n) is 3.48. The van der Waals surface area contributed by atoms with E-state index >= 15 is 0 Å². The number of rotatable bonds is 5. The highest BCUT2D eigenvalue weighted by Crippen LogP contribution is 2.30. The highest BCUT2D eigenvalue weighted by atomic mass is 32.1. The molecule has 2 heterocycles. The standard InChI is InChI=1S/C22H22FN5O3S/c1-31-18-6-2-5-17(12-18)25-22(30)28-11-3-4-14(13-28)20-26-27-21(32-20)19(29)24-16-9-7-15(23)8-10-16/h2,5-10,12,14H,3-4,11,13H2,1H3,(H,24,29)(H,25,30). The Morgan fingerprint density at radius 3 is 2.72 bits per heavy atom. The van der Waals surface area contributed by atoms with Crippen molar-refractivity contribution < 1.29 is 18.7 Å². The van der Waals surface area contributed by atoms with Gasteiger partial charge in [-0.05, 0) is 49.2 Å². The summed E-state index contributed by atoms with van der Waals surface area (Å²) in [5.74, 6) is -0.105. The van der Waals surface area contributed by atoms with Crippen LogP contribution in [0.4, 0.5) is 20.6 Å². The second-order valence-corrected chi connectivity index (χ2v) is 8.36. The summed E-state index contributed by atoms with van der Waals surface area (Å²) in [5, 5.41) is 14.7. The summed E-state index contributed by atoms with van der Waals surface area (Å²) in [4.78, 5) is 26.9. The quantitative estimate of drug-likeness (QED) is 0.596. The maximum atomic E-state index is 13.0. The lowest BCUT2D eigenvalue weighted by molar-refractivity contribution is 0.102. The fraction of sp³-hybridized carbons (Fsp3) is 0.273. The number of likely N-dealkylation sites (tertiary alicyclic amines) is 1. The van der Waals surface area contributed by atoms with Crippen LogP contribution in [0.5, 0.6) is 5.75 Å². The molecule has 2 aromatic carbocycles. The smallest absolute Gasteiger partial charge is 0.321 e. The first-order valence-electron chi connectivity index (χ1n) is 10.1. The molecule has 2 N–H and O–H groups in total. The van der Waals surface area contributed by atoms with E-state index in [0.717, 1.165) is 12.8 Å². The van der Waals surface area contributed by atoms with E-state index in [1.165, 1.54) is 35.6 Å². The Morgan fingerprint density at radius 2 is 1.94 bits per heavy atom. The minimum absolute atomic E-state index is 0.00433. The number of amides is 3. The van der Waals surface area contributed by atoms with Crippen molar-refractivity contribution >= 4 is 34.6 Å². The van der Waals surface area contributed by atoms with Gasteiger partial charge in [0.05, 0.1) is 7.11 Å². The van der Waals surface area contributed by atoms with E-state index in [9.17, 15) is 14.0 Å². The Balaban J connectivity index is 1.38. The van der Waals surface area contributed by atoms with Crippen molar-refractivity contribution in [1.82, 2.24) is 15.1 Å². The van der Waals surface area contributed by atoms with Gasteiger partial charge in [-0.1, -0.05) is 17.4 Å². The van der Waals surface area contributed by atoms with Gasteiger partial charge in [-0.25, -0.2) is 9.18 Å². The van der Waals surface area contributed by atoms with Crippen LogP contribution in [-0.2, 0) is 0 Å². The third-order valence-corrected chi connectivity index (χ3v) is 6.20. The molecule has 1 saturated heterocycles. The van der Waals surface area contributed by atoms with Gasteiger partial charge >= 0.3 is 6.03 Å². The lowest BCUT2D eigenvalue weighted by Gasteiger charge is -2.31. The first kappa shape index (κ1) is 21.7.